The zero-order valence-electron chi connectivity index (χ0n) is 22.1. The highest BCUT2D eigenvalue weighted by Gasteiger charge is 2.07. The molecule has 4 nitrogen and oxygen atoms in total. The van der Waals surface area contributed by atoms with Crippen molar-refractivity contribution in [3.05, 3.63) is 53.6 Å². The number of aliphatic hydroxyl groups is 1. The summed E-state index contributed by atoms with van der Waals surface area (Å²) in [4.78, 5) is 0. The van der Waals surface area contributed by atoms with Crippen molar-refractivity contribution >= 4 is 0 Å². The van der Waals surface area contributed by atoms with Gasteiger partial charge < -0.3 is 19.3 Å². The van der Waals surface area contributed by atoms with Gasteiger partial charge in [-0.1, -0.05) is 24.6 Å². The molecule has 0 aromatic heterocycles. The number of aliphatic hydroxyl groups excluding tert-OH is 1. The fraction of sp³-hybridized carbons (Fsp3) is 0.429. The van der Waals surface area contributed by atoms with Crippen molar-refractivity contribution in [3.8, 4) is 17.2 Å². The Kier molecular flexibility index (Phi) is 4.26. The van der Waals surface area contributed by atoms with Gasteiger partial charge in [-0.3, -0.25) is 0 Å². The van der Waals surface area contributed by atoms with Gasteiger partial charge in [0.2, 0.25) is 0 Å². The molecular formula is C21H28O4. The summed E-state index contributed by atoms with van der Waals surface area (Å²) in [5, 5.41) is 10.2. The Hall–Kier alpha value is -2.20. The predicted molar refractivity (Wildman–Crippen MR) is 99.8 cm³/mol. The molecule has 0 radical (unpaired) electrons. The zero-order valence-corrected chi connectivity index (χ0v) is 14.1. The topological polar surface area (TPSA) is 47.9 Å². The van der Waals surface area contributed by atoms with E-state index in [0.29, 0.717) is 18.6 Å². The summed E-state index contributed by atoms with van der Waals surface area (Å²) in [6, 6.07) is 11.0. The first-order valence-electron chi connectivity index (χ1n) is 12.0. The van der Waals surface area contributed by atoms with E-state index in [4.69, 9.17) is 25.2 Å². The van der Waals surface area contributed by atoms with Gasteiger partial charge in [0.05, 0.1) is 28.4 Å². The maximum absolute atomic E-state index is 10.2. The van der Waals surface area contributed by atoms with E-state index in [1.807, 2.05) is 25.1 Å². The molecule has 0 aliphatic carbocycles. The molecule has 0 aliphatic heterocycles. The minimum atomic E-state index is -2.88. The average Bonchev–Trinajstić information content (AvgIpc) is 2.65. The smallest absolute Gasteiger partial charge is 0.160 e. The fourth-order valence-electron chi connectivity index (χ4n) is 2.33. The number of ether oxygens (including phenoxy) is 3. The normalized spacial score (nSPS) is 18.2. The molecule has 4 heteroatoms. The highest BCUT2D eigenvalue weighted by molar-refractivity contribution is 5.42. The lowest BCUT2D eigenvalue weighted by Crippen LogP contribution is -2.17. The highest BCUT2D eigenvalue weighted by atomic mass is 16.5. The number of aryl methyl sites for hydroxylation is 2. The van der Waals surface area contributed by atoms with Gasteiger partial charge in [0.25, 0.3) is 0 Å². The lowest BCUT2D eigenvalue weighted by Gasteiger charge is -2.13. The van der Waals surface area contributed by atoms with E-state index in [2.05, 4.69) is 0 Å². The van der Waals surface area contributed by atoms with Crippen LogP contribution in [0.2, 0.25) is 0 Å². The standard InChI is InChI=1S/C21H28O4/c1-16-7-6-10-19(13-16)25-15-18(22)9-5-4-8-17-11-12-20(23-2)21(14-17)24-3/h6-7,10-14,18,22H,4-5,8-9,15H2,1-3H3/i2D3,3D3,8D2. The summed E-state index contributed by atoms with van der Waals surface area (Å²) in [5.41, 5.74) is 1.14. The maximum Gasteiger partial charge on any atom is 0.160 e. The maximum atomic E-state index is 10.2. The van der Waals surface area contributed by atoms with Crippen molar-refractivity contribution in [3.63, 3.8) is 0 Å². The van der Waals surface area contributed by atoms with Crippen molar-refractivity contribution in [1.29, 1.82) is 0 Å². The zero-order chi connectivity index (χ0) is 24.9. The molecule has 0 aliphatic rings. The molecule has 0 bridgehead atoms. The number of rotatable bonds is 10. The van der Waals surface area contributed by atoms with Gasteiger partial charge in [0.15, 0.2) is 11.5 Å². The summed E-state index contributed by atoms with van der Waals surface area (Å²) < 4.78 is 75.4. The fourth-order valence-corrected chi connectivity index (χ4v) is 2.33. The van der Waals surface area contributed by atoms with Crippen molar-refractivity contribution in [1.82, 2.24) is 0 Å². The van der Waals surface area contributed by atoms with E-state index < -0.39 is 26.6 Å². The summed E-state index contributed by atoms with van der Waals surface area (Å²) in [5.74, 6) is -0.0704. The van der Waals surface area contributed by atoms with E-state index in [9.17, 15) is 5.11 Å². The van der Waals surface area contributed by atoms with E-state index in [1.165, 1.54) is 12.1 Å². The Balaban J connectivity index is 2.00. The summed E-state index contributed by atoms with van der Waals surface area (Å²) in [6.45, 7) is 2.01. The van der Waals surface area contributed by atoms with E-state index in [0.717, 1.165) is 11.6 Å². The Morgan fingerprint density at radius 2 is 1.92 bits per heavy atom. The number of hydrogen-bond acceptors (Lipinski definition) is 4. The summed E-state index contributed by atoms with van der Waals surface area (Å²) in [7, 11) is -5.70. The van der Waals surface area contributed by atoms with Gasteiger partial charge in [-0.15, -0.1) is 0 Å². The molecular weight excluding hydrogens is 316 g/mol. The Morgan fingerprint density at radius 1 is 1.08 bits per heavy atom. The molecule has 0 spiro atoms. The van der Waals surface area contributed by atoms with E-state index in [-0.39, 0.29) is 30.1 Å². The van der Waals surface area contributed by atoms with Gasteiger partial charge in [-0.25, -0.2) is 0 Å². The minimum absolute atomic E-state index is 0.0290. The van der Waals surface area contributed by atoms with Gasteiger partial charge in [-0.05, 0) is 61.5 Å². The molecule has 2 rings (SSSR count). The molecule has 1 atom stereocenters. The molecule has 0 amide bonds. The third-order valence-corrected chi connectivity index (χ3v) is 3.64. The van der Waals surface area contributed by atoms with Crippen LogP contribution in [0.4, 0.5) is 0 Å². The quantitative estimate of drug-likeness (QED) is 0.697. The molecule has 0 saturated carbocycles. The summed E-state index contributed by atoms with van der Waals surface area (Å²) in [6.07, 6.45) is -2.02. The Labute approximate surface area is 161 Å². The number of benzene rings is 2. The first kappa shape index (κ1) is 10.7. The van der Waals surface area contributed by atoms with Gasteiger partial charge in [0.1, 0.15) is 12.4 Å². The van der Waals surface area contributed by atoms with E-state index >= 15 is 0 Å². The monoisotopic (exact) mass is 352 g/mol. The van der Waals surface area contributed by atoms with Crippen LogP contribution in [0.5, 0.6) is 17.2 Å². The largest absolute Gasteiger partial charge is 0.493 e. The van der Waals surface area contributed by atoms with Crippen LogP contribution in [0, 0.1) is 6.92 Å². The van der Waals surface area contributed by atoms with Crippen LogP contribution in [-0.2, 0) is 6.37 Å². The lowest BCUT2D eigenvalue weighted by molar-refractivity contribution is 0.0976. The first-order chi connectivity index (χ1) is 15.1. The molecule has 0 heterocycles. The lowest BCUT2D eigenvalue weighted by atomic mass is 10.0. The van der Waals surface area contributed by atoms with Crippen LogP contribution in [0.15, 0.2) is 42.5 Å². The minimum Gasteiger partial charge on any atom is -0.493 e. The van der Waals surface area contributed by atoms with Gasteiger partial charge >= 0.3 is 0 Å². The number of methoxy groups -OCH3 is 2. The second-order valence-corrected chi connectivity index (χ2v) is 5.72. The Morgan fingerprint density at radius 3 is 2.72 bits per heavy atom. The van der Waals surface area contributed by atoms with Crippen LogP contribution >= 0.6 is 0 Å². The first-order valence-corrected chi connectivity index (χ1v) is 8.05. The SMILES string of the molecule is [2H]C([2H])([2H])Oc1ccc(C([2H])([2H])CCCC(O)COc2cccc(C)c2)cc1OC([2H])([2H])[2H]. The molecule has 2 aromatic rings. The van der Waals surface area contributed by atoms with Crippen molar-refractivity contribution in [2.45, 2.75) is 38.7 Å². The molecule has 136 valence electrons. The van der Waals surface area contributed by atoms with E-state index in [1.54, 1.807) is 6.07 Å². The van der Waals surface area contributed by atoms with Crippen LogP contribution in [0.3, 0.4) is 0 Å². The molecule has 1 unspecified atom stereocenters. The molecule has 1 N–H and O–H groups in total. The second-order valence-electron chi connectivity index (χ2n) is 5.72. The molecule has 25 heavy (non-hydrogen) atoms. The number of hydrogen-bond donors (Lipinski definition) is 1. The van der Waals surface area contributed by atoms with Crippen molar-refractivity contribution < 1.29 is 30.3 Å². The average molecular weight is 352 g/mol. The molecule has 2 aromatic carbocycles. The van der Waals surface area contributed by atoms with Crippen molar-refractivity contribution in [2.24, 2.45) is 0 Å². The van der Waals surface area contributed by atoms with Crippen LogP contribution in [-0.4, -0.2) is 31.9 Å². The Bertz CT molecular complexity index is 912. The predicted octanol–water partition coefficient (Wildman–Crippen LogP) is 4.16. The van der Waals surface area contributed by atoms with Gasteiger partial charge in [-0.2, -0.15) is 0 Å². The summed E-state index contributed by atoms with van der Waals surface area (Å²) >= 11 is 0. The third kappa shape index (κ3) is 6.31. The van der Waals surface area contributed by atoms with Crippen LogP contribution < -0.4 is 14.2 Å². The van der Waals surface area contributed by atoms with Crippen LogP contribution in [0.1, 0.15) is 41.4 Å². The molecule has 0 fully saturated rings. The second kappa shape index (κ2) is 9.94. The van der Waals surface area contributed by atoms with Gasteiger partial charge in [0, 0.05) is 2.74 Å². The van der Waals surface area contributed by atoms with Crippen LogP contribution in [0.25, 0.3) is 0 Å². The third-order valence-electron chi connectivity index (χ3n) is 3.64. The van der Waals surface area contributed by atoms with Crippen molar-refractivity contribution in [2.75, 3.05) is 20.7 Å². The molecule has 0 saturated heterocycles. The highest BCUT2D eigenvalue weighted by Crippen LogP contribution is 2.28.